The lowest BCUT2D eigenvalue weighted by molar-refractivity contribution is -0.136. The highest BCUT2D eigenvalue weighted by Crippen LogP contribution is 2.25. The summed E-state index contributed by atoms with van der Waals surface area (Å²) in [6.07, 6.45) is 5.97. The van der Waals surface area contributed by atoms with Crippen molar-refractivity contribution in [2.24, 2.45) is 5.92 Å². The van der Waals surface area contributed by atoms with Crippen LogP contribution in [0.15, 0.2) is 71.9 Å². The largest absolute Gasteiger partial charge is 0.383 e. The van der Waals surface area contributed by atoms with Gasteiger partial charge in [0.25, 0.3) is 5.56 Å². The molecule has 1 fully saturated rings. The molecule has 0 N–H and O–H groups in total. The van der Waals surface area contributed by atoms with Gasteiger partial charge in [-0.25, -0.2) is 4.68 Å². The van der Waals surface area contributed by atoms with E-state index in [4.69, 9.17) is 4.74 Å². The Bertz CT molecular complexity index is 1060. The Labute approximate surface area is 193 Å². The van der Waals surface area contributed by atoms with Crippen LogP contribution in [0.2, 0.25) is 0 Å². The van der Waals surface area contributed by atoms with Crippen LogP contribution in [0.1, 0.15) is 17.5 Å². The second kappa shape index (κ2) is 10.9. The van der Waals surface area contributed by atoms with Crippen LogP contribution < -0.4 is 10.5 Å². The fraction of sp³-hybridized carbons (Fsp3) is 0.360. The topological polar surface area (TPSA) is 80.6 Å². The number of benzene rings is 1. The first-order chi connectivity index (χ1) is 16.1. The van der Waals surface area contributed by atoms with Crippen molar-refractivity contribution in [3.63, 3.8) is 0 Å². The zero-order valence-corrected chi connectivity index (χ0v) is 18.8. The predicted molar refractivity (Wildman–Crippen MR) is 126 cm³/mol. The zero-order valence-electron chi connectivity index (χ0n) is 18.8. The maximum absolute atomic E-state index is 13.6. The number of carbonyl (C=O) groups is 1. The van der Waals surface area contributed by atoms with Gasteiger partial charge in [-0.1, -0.05) is 36.4 Å². The molecule has 1 aliphatic heterocycles. The fourth-order valence-corrected chi connectivity index (χ4v) is 4.12. The standard InChI is InChI=1S/C25H29N5O3/c1-33-13-12-30-24(31)14-23(16-27-30)28-11-9-22(19-28)25(32)29(17-20-6-3-2-4-7-20)18-21-8-5-10-26-15-21/h2-8,10,14-16,22H,9,11-13,17-19H2,1H3. The van der Waals surface area contributed by atoms with E-state index in [1.54, 1.807) is 31.8 Å². The molecule has 172 valence electrons. The molecule has 1 amide bonds. The Balaban J connectivity index is 1.46. The quantitative estimate of drug-likeness (QED) is 0.501. The Kier molecular flexibility index (Phi) is 7.47. The Morgan fingerprint density at radius 1 is 1.12 bits per heavy atom. The van der Waals surface area contributed by atoms with E-state index in [1.807, 2.05) is 47.4 Å². The van der Waals surface area contributed by atoms with Crippen molar-refractivity contribution in [2.45, 2.75) is 26.1 Å². The first-order valence-electron chi connectivity index (χ1n) is 11.2. The summed E-state index contributed by atoms with van der Waals surface area (Å²) < 4.78 is 6.41. The number of hydrogen-bond donors (Lipinski definition) is 0. The molecule has 8 nitrogen and oxygen atoms in total. The van der Waals surface area contributed by atoms with Crippen molar-refractivity contribution in [3.05, 3.63) is 88.6 Å². The second-order valence-corrected chi connectivity index (χ2v) is 8.24. The molecular weight excluding hydrogens is 418 g/mol. The summed E-state index contributed by atoms with van der Waals surface area (Å²) >= 11 is 0. The zero-order chi connectivity index (χ0) is 23.0. The van der Waals surface area contributed by atoms with Crippen LogP contribution in [0.5, 0.6) is 0 Å². The van der Waals surface area contributed by atoms with Gasteiger partial charge in [-0.2, -0.15) is 5.10 Å². The third-order valence-electron chi connectivity index (χ3n) is 5.89. The van der Waals surface area contributed by atoms with Crippen LogP contribution in [0.4, 0.5) is 5.69 Å². The van der Waals surface area contributed by atoms with E-state index in [9.17, 15) is 9.59 Å². The van der Waals surface area contributed by atoms with Gasteiger partial charge in [0.1, 0.15) is 0 Å². The van der Waals surface area contributed by atoms with E-state index >= 15 is 0 Å². The minimum absolute atomic E-state index is 0.117. The van der Waals surface area contributed by atoms with Gasteiger partial charge >= 0.3 is 0 Å². The predicted octanol–water partition coefficient (Wildman–Crippen LogP) is 2.34. The number of carbonyl (C=O) groups excluding carboxylic acids is 1. The van der Waals surface area contributed by atoms with Gasteiger partial charge in [-0.15, -0.1) is 0 Å². The number of hydrogen-bond acceptors (Lipinski definition) is 6. The van der Waals surface area contributed by atoms with Crippen molar-refractivity contribution in [3.8, 4) is 0 Å². The van der Waals surface area contributed by atoms with E-state index in [0.29, 0.717) is 39.3 Å². The van der Waals surface area contributed by atoms with E-state index in [0.717, 1.165) is 23.2 Å². The Morgan fingerprint density at radius 3 is 2.64 bits per heavy atom. The molecule has 3 heterocycles. The van der Waals surface area contributed by atoms with Gasteiger partial charge in [-0.05, 0) is 23.6 Å². The second-order valence-electron chi connectivity index (χ2n) is 8.24. The van der Waals surface area contributed by atoms with Crippen molar-refractivity contribution in [1.82, 2.24) is 19.7 Å². The minimum Gasteiger partial charge on any atom is -0.383 e. The van der Waals surface area contributed by atoms with E-state index in [-0.39, 0.29) is 17.4 Å². The third-order valence-corrected chi connectivity index (χ3v) is 5.89. The number of methoxy groups -OCH3 is 1. The van der Waals surface area contributed by atoms with Crippen LogP contribution in [0.25, 0.3) is 0 Å². The average molecular weight is 448 g/mol. The van der Waals surface area contributed by atoms with Crippen LogP contribution in [-0.2, 0) is 29.2 Å². The van der Waals surface area contributed by atoms with Crippen LogP contribution in [-0.4, -0.2) is 52.4 Å². The first-order valence-corrected chi connectivity index (χ1v) is 11.2. The molecule has 1 aromatic carbocycles. The number of amides is 1. The van der Waals surface area contributed by atoms with Crippen LogP contribution >= 0.6 is 0 Å². The summed E-state index contributed by atoms with van der Waals surface area (Å²) in [6.45, 7) is 3.18. The van der Waals surface area contributed by atoms with Gasteiger partial charge in [0.2, 0.25) is 5.91 Å². The lowest BCUT2D eigenvalue weighted by Gasteiger charge is -2.26. The molecule has 1 unspecified atom stereocenters. The normalized spacial score (nSPS) is 15.5. The highest BCUT2D eigenvalue weighted by molar-refractivity contribution is 5.80. The summed E-state index contributed by atoms with van der Waals surface area (Å²) in [4.78, 5) is 34.1. The van der Waals surface area contributed by atoms with Gasteiger partial charge in [-0.3, -0.25) is 14.6 Å². The first kappa shape index (κ1) is 22.7. The van der Waals surface area contributed by atoms with Gasteiger partial charge in [0, 0.05) is 51.7 Å². The molecule has 1 atom stereocenters. The van der Waals surface area contributed by atoms with Crippen molar-refractivity contribution in [2.75, 3.05) is 31.7 Å². The van der Waals surface area contributed by atoms with E-state index in [2.05, 4.69) is 15.0 Å². The van der Waals surface area contributed by atoms with Crippen molar-refractivity contribution in [1.29, 1.82) is 0 Å². The molecule has 0 spiro atoms. The Hall–Kier alpha value is -3.52. The molecule has 4 rings (SSSR count). The number of nitrogens with zero attached hydrogens (tertiary/aromatic N) is 5. The van der Waals surface area contributed by atoms with Crippen molar-refractivity contribution >= 4 is 11.6 Å². The maximum Gasteiger partial charge on any atom is 0.268 e. The number of pyridine rings is 1. The maximum atomic E-state index is 13.6. The third kappa shape index (κ3) is 5.84. The number of ether oxygens (including phenoxy) is 1. The number of anilines is 1. The highest BCUT2D eigenvalue weighted by Gasteiger charge is 2.32. The molecule has 0 aliphatic carbocycles. The summed E-state index contributed by atoms with van der Waals surface area (Å²) in [5, 5.41) is 4.26. The fourth-order valence-electron chi connectivity index (χ4n) is 4.12. The molecule has 1 saturated heterocycles. The average Bonchev–Trinajstić information content (AvgIpc) is 3.34. The molecule has 2 aromatic heterocycles. The van der Waals surface area contributed by atoms with Gasteiger partial charge in [0.05, 0.1) is 31.0 Å². The van der Waals surface area contributed by atoms with Crippen LogP contribution in [0.3, 0.4) is 0 Å². The lowest BCUT2D eigenvalue weighted by atomic mass is 10.1. The molecule has 3 aromatic rings. The molecule has 1 aliphatic rings. The monoisotopic (exact) mass is 447 g/mol. The van der Waals surface area contributed by atoms with E-state index in [1.165, 1.54) is 4.68 Å². The highest BCUT2D eigenvalue weighted by atomic mass is 16.5. The van der Waals surface area contributed by atoms with Gasteiger partial charge < -0.3 is 14.5 Å². The Morgan fingerprint density at radius 2 is 1.91 bits per heavy atom. The smallest absolute Gasteiger partial charge is 0.268 e. The molecule has 8 heteroatoms. The van der Waals surface area contributed by atoms with Gasteiger partial charge in [0.15, 0.2) is 0 Å². The number of rotatable bonds is 9. The van der Waals surface area contributed by atoms with Crippen LogP contribution in [0, 0.1) is 5.92 Å². The molecular formula is C25H29N5O3. The summed E-state index contributed by atoms with van der Waals surface area (Å²) in [7, 11) is 1.59. The SMILES string of the molecule is COCCn1ncc(N2CCC(C(=O)N(Cc3ccccc3)Cc3cccnc3)C2)cc1=O. The summed E-state index contributed by atoms with van der Waals surface area (Å²) in [6, 6.07) is 15.5. The molecule has 0 saturated carbocycles. The van der Waals surface area contributed by atoms with E-state index < -0.39 is 0 Å². The van der Waals surface area contributed by atoms with Crippen molar-refractivity contribution < 1.29 is 9.53 Å². The molecule has 33 heavy (non-hydrogen) atoms. The lowest BCUT2D eigenvalue weighted by Crippen LogP contribution is -2.37. The molecule has 0 radical (unpaired) electrons. The summed E-state index contributed by atoms with van der Waals surface area (Å²) in [5.74, 6) is -0.0205. The minimum atomic E-state index is -0.165. The number of aromatic nitrogens is 3. The summed E-state index contributed by atoms with van der Waals surface area (Å²) in [5.41, 5.74) is 2.68. The molecule has 0 bridgehead atoms.